The van der Waals surface area contributed by atoms with E-state index in [2.05, 4.69) is 52.7 Å². The van der Waals surface area contributed by atoms with Crippen LogP contribution in [0.15, 0.2) is 42.5 Å². The minimum atomic E-state index is 0.0440. The number of fused-ring (bicyclic) bond motifs is 1. The van der Waals surface area contributed by atoms with Gasteiger partial charge in [-0.3, -0.25) is 4.79 Å². The lowest BCUT2D eigenvalue weighted by Crippen LogP contribution is -2.41. The Bertz CT molecular complexity index is 1190. The number of nitrogens with one attached hydrogen (secondary N) is 1. The van der Waals surface area contributed by atoms with E-state index in [1.165, 1.54) is 5.56 Å². The largest absolute Gasteiger partial charge is 0.490 e. The molecule has 43 heavy (non-hydrogen) atoms. The van der Waals surface area contributed by atoms with Gasteiger partial charge in [0, 0.05) is 64.8 Å². The van der Waals surface area contributed by atoms with E-state index in [9.17, 15) is 4.79 Å². The van der Waals surface area contributed by atoms with E-state index in [4.69, 9.17) is 23.7 Å². The Kier molecular flexibility index (Phi) is 10.4. The number of likely N-dealkylation sites (tertiary alicyclic amines) is 1. The molecule has 0 bridgehead atoms. The first kappa shape index (κ1) is 30.2. The number of methoxy groups -OCH3 is 1. The van der Waals surface area contributed by atoms with E-state index in [1.54, 1.807) is 7.11 Å². The van der Waals surface area contributed by atoms with Crippen molar-refractivity contribution in [1.82, 2.24) is 10.2 Å². The van der Waals surface area contributed by atoms with Crippen molar-refractivity contribution in [3.8, 4) is 11.5 Å². The minimum absolute atomic E-state index is 0.0440. The lowest BCUT2D eigenvalue weighted by atomic mass is 9.87. The Hall–Kier alpha value is -2.85. The maximum atomic E-state index is 12.9. The summed E-state index contributed by atoms with van der Waals surface area (Å²) in [5.74, 6) is 2.51. The zero-order valence-electron chi connectivity index (χ0n) is 25.5. The van der Waals surface area contributed by atoms with Crippen LogP contribution < -0.4 is 19.7 Å². The number of rotatable bonds is 11. The molecule has 6 rings (SSSR count). The number of hydrogen-bond donors (Lipinski definition) is 1. The highest BCUT2D eigenvalue weighted by Gasteiger charge is 2.33. The van der Waals surface area contributed by atoms with Gasteiger partial charge in [0.15, 0.2) is 0 Å². The molecule has 1 amide bonds. The summed E-state index contributed by atoms with van der Waals surface area (Å²) in [5.41, 5.74) is 3.59. The minimum Gasteiger partial charge on any atom is -0.490 e. The molecule has 0 aliphatic carbocycles. The highest BCUT2D eigenvalue weighted by molar-refractivity contribution is 5.79. The third kappa shape index (κ3) is 7.63. The van der Waals surface area contributed by atoms with Gasteiger partial charge in [0.05, 0.1) is 31.5 Å². The number of amides is 1. The zero-order valence-corrected chi connectivity index (χ0v) is 25.5. The van der Waals surface area contributed by atoms with E-state index in [-0.39, 0.29) is 24.0 Å². The fourth-order valence-corrected chi connectivity index (χ4v) is 6.84. The molecule has 3 atom stereocenters. The highest BCUT2D eigenvalue weighted by atomic mass is 16.5. The van der Waals surface area contributed by atoms with Gasteiger partial charge in [-0.1, -0.05) is 18.2 Å². The van der Waals surface area contributed by atoms with Crippen LogP contribution in [0.2, 0.25) is 0 Å². The molecule has 3 fully saturated rings. The quantitative estimate of drug-likeness (QED) is 0.392. The first-order chi connectivity index (χ1) is 21.2. The number of hydrogen-bond acceptors (Lipinski definition) is 8. The number of anilines is 1. The van der Waals surface area contributed by atoms with Crippen molar-refractivity contribution in [2.24, 2.45) is 5.92 Å². The Morgan fingerprint density at radius 3 is 2.72 bits per heavy atom. The number of nitrogens with zero attached hydrogens (tertiary/aromatic N) is 2. The highest BCUT2D eigenvalue weighted by Crippen LogP contribution is 2.34. The van der Waals surface area contributed by atoms with Crippen molar-refractivity contribution in [3.05, 3.63) is 53.6 Å². The molecule has 0 saturated carbocycles. The van der Waals surface area contributed by atoms with Crippen molar-refractivity contribution in [2.75, 3.05) is 77.7 Å². The van der Waals surface area contributed by atoms with Crippen LogP contribution in [0.3, 0.4) is 0 Å². The summed E-state index contributed by atoms with van der Waals surface area (Å²) < 4.78 is 29.5. The number of carbonyl (C=O) groups is 1. The molecule has 0 aromatic heterocycles. The molecular weight excluding hydrogens is 546 g/mol. The fourth-order valence-electron chi connectivity index (χ4n) is 6.84. The van der Waals surface area contributed by atoms with Gasteiger partial charge in [0.2, 0.25) is 5.91 Å². The summed E-state index contributed by atoms with van der Waals surface area (Å²) in [5, 5.41) is 3.52. The Morgan fingerprint density at radius 2 is 1.88 bits per heavy atom. The first-order valence-electron chi connectivity index (χ1n) is 16.1. The molecular formula is C34H47N3O6. The van der Waals surface area contributed by atoms with Gasteiger partial charge in [-0.2, -0.15) is 0 Å². The topological polar surface area (TPSA) is 81.7 Å². The van der Waals surface area contributed by atoms with Crippen LogP contribution in [0.5, 0.6) is 11.5 Å². The summed E-state index contributed by atoms with van der Waals surface area (Å²) in [4.78, 5) is 17.3. The standard InChI is InChI=1S/C34H47N3O6/c1-39-17-2-14-36-16-20-41-32-8-3-25(21-31(32)36)24-42-33-22-35-13-9-30(33)26-4-6-28(7-5-26)43-29-10-15-37(23-29)34(38)27-11-18-40-19-12-27/h3-8,21,27,29-30,33,35H,2,9-20,22-24H2,1H3. The lowest BCUT2D eigenvalue weighted by Gasteiger charge is -2.33. The number of carbonyl (C=O) groups excluding carboxylic acids is 1. The van der Waals surface area contributed by atoms with Gasteiger partial charge in [0.25, 0.3) is 0 Å². The van der Waals surface area contributed by atoms with Crippen LogP contribution >= 0.6 is 0 Å². The van der Waals surface area contributed by atoms with Gasteiger partial charge in [-0.05, 0) is 67.6 Å². The van der Waals surface area contributed by atoms with Gasteiger partial charge < -0.3 is 38.8 Å². The van der Waals surface area contributed by atoms with Gasteiger partial charge >= 0.3 is 0 Å². The number of piperidine rings is 1. The Balaban J connectivity index is 1.02. The number of ether oxygens (including phenoxy) is 5. The summed E-state index contributed by atoms with van der Waals surface area (Å²) >= 11 is 0. The van der Waals surface area contributed by atoms with Crippen LogP contribution in [0, 0.1) is 5.92 Å². The number of benzene rings is 2. The molecule has 4 aliphatic heterocycles. The van der Waals surface area contributed by atoms with Crippen molar-refractivity contribution in [2.45, 2.75) is 56.8 Å². The predicted octanol–water partition coefficient (Wildman–Crippen LogP) is 3.99. The van der Waals surface area contributed by atoms with Crippen molar-refractivity contribution in [3.63, 3.8) is 0 Å². The molecule has 234 valence electrons. The molecule has 4 heterocycles. The third-order valence-electron chi connectivity index (χ3n) is 9.29. The van der Waals surface area contributed by atoms with E-state index >= 15 is 0 Å². The van der Waals surface area contributed by atoms with Crippen LogP contribution in [-0.2, 0) is 25.6 Å². The fraction of sp³-hybridized carbons (Fsp3) is 0.618. The molecule has 2 aromatic carbocycles. The van der Waals surface area contributed by atoms with Gasteiger partial charge in [-0.15, -0.1) is 0 Å². The molecule has 4 aliphatic rings. The average Bonchev–Trinajstić information content (AvgIpc) is 3.53. The van der Waals surface area contributed by atoms with E-state index in [0.29, 0.717) is 38.9 Å². The molecule has 2 aromatic rings. The molecule has 0 radical (unpaired) electrons. The summed E-state index contributed by atoms with van der Waals surface area (Å²) in [6.07, 6.45) is 4.70. The second-order valence-electron chi connectivity index (χ2n) is 12.2. The van der Waals surface area contributed by atoms with E-state index < -0.39 is 0 Å². The van der Waals surface area contributed by atoms with Crippen molar-refractivity contribution in [1.29, 1.82) is 0 Å². The van der Waals surface area contributed by atoms with E-state index in [1.807, 2.05) is 4.90 Å². The predicted molar refractivity (Wildman–Crippen MR) is 165 cm³/mol. The zero-order chi connectivity index (χ0) is 29.4. The smallest absolute Gasteiger partial charge is 0.225 e. The Labute approximate surface area is 255 Å². The molecule has 0 spiro atoms. The second-order valence-corrected chi connectivity index (χ2v) is 12.2. The van der Waals surface area contributed by atoms with Crippen LogP contribution in [0.4, 0.5) is 5.69 Å². The first-order valence-corrected chi connectivity index (χ1v) is 16.1. The third-order valence-corrected chi connectivity index (χ3v) is 9.29. The van der Waals surface area contributed by atoms with Crippen LogP contribution in [-0.4, -0.2) is 95.8 Å². The van der Waals surface area contributed by atoms with Crippen LogP contribution in [0.1, 0.15) is 49.1 Å². The molecule has 3 saturated heterocycles. The van der Waals surface area contributed by atoms with Crippen molar-refractivity contribution < 1.29 is 28.5 Å². The lowest BCUT2D eigenvalue weighted by molar-refractivity contribution is -0.137. The van der Waals surface area contributed by atoms with E-state index in [0.717, 1.165) is 94.2 Å². The average molecular weight is 594 g/mol. The van der Waals surface area contributed by atoms with Gasteiger partial charge in [-0.25, -0.2) is 0 Å². The molecule has 9 nitrogen and oxygen atoms in total. The SMILES string of the molecule is COCCCN1CCOc2ccc(COC3CNCCC3c3ccc(OC4CCN(C(=O)C5CCOCC5)C4)cc3)cc21. The maximum absolute atomic E-state index is 12.9. The molecule has 9 heteroatoms. The van der Waals surface area contributed by atoms with Crippen LogP contribution in [0.25, 0.3) is 0 Å². The summed E-state index contributed by atoms with van der Waals surface area (Å²) in [7, 11) is 1.75. The molecule has 1 N–H and O–H groups in total. The second kappa shape index (κ2) is 14.8. The monoisotopic (exact) mass is 593 g/mol. The van der Waals surface area contributed by atoms with Crippen molar-refractivity contribution >= 4 is 11.6 Å². The normalized spacial score (nSPS) is 24.4. The van der Waals surface area contributed by atoms with Gasteiger partial charge in [0.1, 0.15) is 24.2 Å². The Morgan fingerprint density at radius 1 is 1.02 bits per heavy atom. The maximum Gasteiger partial charge on any atom is 0.225 e. The summed E-state index contributed by atoms with van der Waals surface area (Å²) in [6, 6.07) is 15.0. The molecule has 3 unspecified atom stereocenters. The summed E-state index contributed by atoms with van der Waals surface area (Å²) in [6.45, 7) is 8.52.